The average Bonchev–Trinajstić information content (AvgIpc) is 3.07. The van der Waals surface area contributed by atoms with Crippen LogP contribution in [0.25, 0.3) is 0 Å². The van der Waals surface area contributed by atoms with Crippen LogP contribution in [0.15, 0.2) is 54.6 Å². The minimum absolute atomic E-state index is 0.104. The Hall–Kier alpha value is -3.02. The lowest BCUT2D eigenvalue weighted by atomic mass is 10.1. The molecule has 0 radical (unpaired) electrons. The summed E-state index contributed by atoms with van der Waals surface area (Å²) >= 11 is 0. The van der Waals surface area contributed by atoms with Gasteiger partial charge in [-0.1, -0.05) is 30.3 Å². The second-order valence-electron chi connectivity index (χ2n) is 6.12. The highest BCUT2D eigenvalue weighted by Gasteiger charge is 2.42. The Morgan fingerprint density at radius 3 is 2.76 bits per heavy atom. The van der Waals surface area contributed by atoms with Crippen molar-refractivity contribution in [3.8, 4) is 11.5 Å². The van der Waals surface area contributed by atoms with Crippen molar-refractivity contribution < 1.29 is 19.1 Å². The summed E-state index contributed by atoms with van der Waals surface area (Å²) in [4.78, 5) is 26.7. The summed E-state index contributed by atoms with van der Waals surface area (Å²) in [6.07, 6.45) is 0.287. The molecule has 4 rings (SSSR count). The van der Waals surface area contributed by atoms with E-state index >= 15 is 0 Å². The van der Waals surface area contributed by atoms with Crippen molar-refractivity contribution in [2.45, 2.75) is 18.6 Å². The summed E-state index contributed by atoms with van der Waals surface area (Å²) < 4.78 is 11.5. The highest BCUT2D eigenvalue weighted by atomic mass is 16.5. The highest BCUT2D eigenvalue weighted by Crippen LogP contribution is 2.32. The number of nitrogens with zero attached hydrogens (tertiary/aromatic N) is 1. The van der Waals surface area contributed by atoms with Crippen LogP contribution in [0.3, 0.4) is 0 Å². The predicted molar refractivity (Wildman–Crippen MR) is 91.5 cm³/mol. The fraction of sp³-hybridized carbons (Fsp3) is 0.263. The molecule has 2 aromatic rings. The summed E-state index contributed by atoms with van der Waals surface area (Å²) in [6.45, 7) is 0.275. The first-order valence-corrected chi connectivity index (χ1v) is 8.24. The number of hydrogen-bond acceptors (Lipinski definition) is 4. The Morgan fingerprint density at radius 1 is 1.16 bits per heavy atom. The van der Waals surface area contributed by atoms with Crippen LogP contribution in [0.2, 0.25) is 0 Å². The fourth-order valence-corrected chi connectivity index (χ4v) is 3.22. The molecule has 0 aromatic heterocycles. The van der Waals surface area contributed by atoms with Crippen molar-refractivity contribution in [2.75, 3.05) is 18.5 Å². The summed E-state index contributed by atoms with van der Waals surface area (Å²) in [5.74, 6) is 0.849. The van der Waals surface area contributed by atoms with Crippen LogP contribution in [0, 0.1) is 0 Å². The second-order valence-corrected chi connectivity index (χ2v) is 6.12. The average molecular weight is 338 g/mol. The molecule has 6 heteroatoms. The number of anilines is 1. The summed E-state index contributed by atoms with van der Waals surface area (Å²) in [5, 5.41) is 2.85. The van der Waals surface area contributed by atoms with E-state index in [1.807, 2.05) is 36.4 Å². The van der Waals surface area contributed by atoms with E-state index in [0.717, 1.165) is 0 Å². The molecule has 2 aromatic carbocycles. The number of para-hydroxylation sites is 3. The Morgan fingerprint density at radius 2 is 1.92 bits per heavy atom. The lowest BCUT2D eigenvalue weighted by Crippen LogP contribution is -2.45. The monoisotopic (exact) mass is 338 g/mol. The molecule has 0 saturated carbocycles. The molecule has 2 unspecified atom stereocenters. The third kappa shape index (κ3) is 3.15. The number of ether oxygens (including phenoxy) is 2. The Balaban J connectivity index is 1.48. The van der Waals surface area contributed by atoms with E-state index in [9.17, 15) is 9.59 Å². The molecular formula is C19H18N2O4. The molecule has 128 valence electrons. The fourth-order valence-electron chi connectivity index (χ4n) is 3.22. The van der Waals surface area contributed by atoms with Gasteiger partial charge in [0, 0.05) is 6.42 Å². The van der Waals surface area contributed by atoms with E-state index in [1.165, 1.54) is 0 Å². The molecule has 2 heterocycles. The van der Waals surface area contributed by atoms with Gasteiger partial charge in [-0.3, -0.25) is 9.59 Å². The van der Waals surface area contributed by atoms with Crippen LogP contribution in [0.4, 0.5) is 5.69 Å². The molecule has 2 aliphatic heterocycles. The number of fused-ring (bicyclic) bond motifs is 3. The number of benzene rings is 2. The van der Waals surface area contributed by atoms with Gasteiger partial charge in [0.15, 0.2) is 6.61 Å². The van der Waals surface area contributed by atoms with Gasteiger partial charge in [0.2, 0.25) is 5.91 Å². The van der Waals surface area contributed by atoms with Crippen molar-refractivity contribution in [3.63, 3.8) is 0 Å². The van der Waals surface area contributed by atoms with E-state index in [1.54, 1.807) is 23.1 Å². The zero-order chi connectivity index (χ0) is 17.2. The third-order valence-corrected chi connectivity index (χ3v) is 4.43. The molecule has 2 amide bonds. The summed E-state index contributed by atoms with van der Waals surface area (Å²) in [6, 6.07) is 15.9. The molecule has 1 N–H and O–H groups in total. The number of amides is 2. The Labute approximate surface area is 145 Å². The molecule has 2 aliphatic rings. The second kappa shape index (κ2) is 6.47. The van der Waals surface area contributed by atoms with Crippen LogP contribution in [0.1, 0.15) is 6.42 Å². The zero-order valence-corrected chi connectivity index (χ0v) is 13.6. The van der Waals surface area contributed by atoms with Gasteiger partial charge in [-0.25, -0.2) is 0 Å². The van der Waals surface area contributed by atoms with Crippen molar-refractivity contribution in [3.05, 3.63) is 54.6 Å². The van der Waals surface area contributed by atoms with Gasteiger partial charge in [0.25, 0.3) is 5.91 Å². The van der Waals surface area contributed by atoms with Gasteiger partial charge in [-0.05, 0) is 24.3 Å². The zero-order valence-electron chi connectivity index (χ0n) is 13.6. The molecule has 25 heavy (non-hydrogen) atoms. The van der Waals surface area contributed by atoms with E-state index in [-0.39, 0.29) is 24.5 Å². The number of hydrogen-bond donors (Lipinski definition) is 1. The summed E-state index contributed by atoms with van der Waals surface area (Å²) in [5.41, 5.74) is 0.636. The first-order valence-electron chi connectivity index (χ1n) is 8.24. The molecule has 0 spiro atoms. The SMILES string of the molecule is O=C1Nc2ccccc2OC2CC1N(C(=O)COc1ccccc1)C2. The first kappa shape index (κ1) is 15.5. The number of likely N-dealkylation sites (tertiary alicyclic amines) is 1. The number of carbonyl (C=O) groups excluding carboxylic acids is 2. The van der Waals surface area contributed by atoms with E-state index in [2.05, 4.69) is 5.32 Å². The van der Waals surface area contributed by atoms with Gasteiger partial charge in [0.05, 0.1) is 12.2 Å². The van der Waals surface area contributed by atoms with E-state index in [0.29, 0.717) is 30.2 Å². The number of nitrogens with one attached hydrogen (secondary N) is 1. The minimum atomic E-state index is -0.537. The van der Waals surface area contributed by atoms with Gasteiger partial charge < -0.3 is 19.7 Å². The standard InChI is InChI=1S/C19H18N2O4/c22-18(12-24-13-6-2-1-3-7-13)21-11-14-10-16(21)19(23)20-15-8-4-5-9-17(15)25-14/h1-9,14,16H,10-12H2,(H,20,23). The van der Waals surface area contributed by atoms with Crippen molar-refractivity contribution in [1.29, 1.82) is 0 Å². The lowest BCUT2D eigenvalue weighted by molar-refractivity contribution is -0.138. The normalized spacial score (nSPS) is 21.4. The molecular weight excluding hydrogens is 320 g/mol. The van der Waals surface area contributed by atoms with Crippen molar-refractivity contribution in [1.82, 2.24) is 4.90 Å². The van der Waals surface area contributed by atoms with Gasteiger partial charge in [0.1, 0.15) is 23.6 Å². The quantitative estimate of drug-likeness (QED) is 0.930. The van der Waals surface area contributed by atoms with Crippen LogP contribution in [-0.2, 0) is 9.59 Å². The van der Waals surface area contributed by atoms with E-state index in [4.69, 9.17) is 9.47 Å². The number of carbonyl (C=O) groups is 2. The smallest absolute Gasteiger partial charge is 0.261 e. The van der Waals surface area contributed by atoms with Crippen molar-refractivity contribution >= 4 is 17.5 Å². The molecule has 6 nitrogen and oxygen atoms in total. The van der Waals surface area contributed by atoms with Crippen LogP contribution < -0.4 is 14.8 Å². The maximum atomic E-state index is 12.6. The molecule has 2 atom stereocenters. The molecule has 1 fully saturated rings. The van der Waals surface area contributed by atoms with Crippen LogP contribution >= 0.6 is 0 Å². The van der Waals surface area contributed by atoms with Crippen LogP contribution in [0.5, 0.6) is 11.5 Å². The summed E-state index contributed by atoms with van der Waals surface area (Å²) in [7, 11) is 0. The molecule has 0 aliphatic carbocycles. The third-order valence-electron chi connectivity index (χ3n) is 4.43. The maximum absolute atomic E-state index is 12.6. The number of rotatable bonds is 3. The van der Waals surface area contributed by atoms with Crippen LogP contribution in [-0.4, -0.2) is 42.0 Å². The molecule has 1 saturated heterocycles. The van der Waals surface area contributed by atoms with Gasteiger partial charge in [-0.2, -0.15) is 0 Å². The predicted octanol–water partition coefficient (Wildman–Crippen LogP) is 2.07. The molecule has 2 bridgehead atoms. The highest BCUT2D eigenvalue weighted by molar-refractivity contribution is 5.99. The lowest BCUT2D eigenvalue weighted by Gasteiger charge is -2.23. The van der Waals surface area contributed by atoms with Crippen molar-refractivity contribution in [2.24, 2.45) is 0 Å². The maximum Gasteiger partial charge on any atom is 0.261 e. The Bertz CT molecular complexity index is 793. The Kier molecular flexibility index (Phi) is 4.01. The topological polar surface area (TPSA) is 67.9 Å². The minimum Gasteiger partial charge on any atom is -0.486 e. The van der Waals surface area contributed by atoms with Gasteiger partial charge in [-0.15, -0.1) is 0 Å². The van der Waals surface area contributed by atoms with E-state index < -0.39 is 6.04 Å². The van der Waals surface area contributed by atoms with Gasteiger partial charge >= 0.3 is 0 Å². The first-order chi connectivity index (χ1) is 12.2. The largest absolute Gasteiger partial charge is 0.486 e.